The summed E-state index contributed by atoms with van der Waals surface area (Å²) < 4.78 is 0.928. The third kappa shape index (κ3) is 5.30. The number of halogens is 2. The van der Waals surface area contributed by atoms with Crippen LogP contribution >= 0.6 is 27.5 Å². The van der Waals surface area contributed by atoms with Gasteiger partial charge in [-0.3, -0.25) is 0 Å². The fraction of sp³-hybridized carbons (Fsp3) is 0.500. The second kappa shape index (κ2) is 7.28. The summed E-state index contributed by atoms with van der Waals surface area (Å²) in [6.45, 7) is 3.57. The van der Waals surface area contributed by atoms with Gasteiger partial charge in [-0.15, -0.1) is 0 Å². The van der Waals surface area contributed by atoms with E-state index in [-0.39, 0.29) is 6.10 Å². The lowest BCUT2D eigenvalue weighted by atomic mass is 10.2. The van der Waals surface area contributed by atoms with Crippen LogP contribution in [0, 0.1) is 0 Å². The van der Waals surface area contributed by atoms with Gasteiger partial charge in [0.1, 0.15) is 0 Å². The van der Waals surface area contributed by atoms with E-state index >= 15 is 0 Å². The Labute approximate surface area is 110 Å². The van der Waals surface area contributed by atoms with Crippen molar-refractivity contribution >= 4 is 27.5 Å². The number of aliphatic hydroxyl groups excluding tert-OH is 1. The van der Waals surface area contributed by atoms with E-state index in [1.807, 2.05) is 25.1 Å². The molecule has 2 N–H and O–H groups in total. The van der Waals surface area contributed by atoms with E-state index in [0.29, 0.717) is 0 Å². The Bertz CT molecular complexity index is 331. The van der Waals surface area contributed by atoms with Crippen LogP contribution < -0.4 is 5.32 Å². The van der Waals surface area contributed by atoms with Crippen LogP contribution in [0.25, 0.3) is 0 Å². The van der Waals surface area contributed by atoms with E-state index in [9.17, 15) is 0 Å². The SMILES string of the molecule is CC(O)CCCNCc1ccc(Cl)c(Br)c1. The molecule has 0 spiro atoms. The maximum atomic E-state index is 9.09. The van der Waals surface area contributed by atoms with Crippen LogP contribution in [0.2, 0.25) is 5.02 Å². The molecule has 0 bridgehead atoms. The van der Waals surface area contributed by atoms with Crippen LogP contribution in [0.4, 0.5) is 0 Å². The van der Waals surface area contributed by atoms with Gasteiger partial charge in [-0.25, -0.2) is 0 Å². The van der Waals surface area contributed by atoms with Crippen molar-refractivity contribution in [1.82, 2.24) is 5.32 Å². The first-order valence-corrected chi connectivity index (χ1v) is 6.59. The van der Waals surface area contributed by atoms with E-state index in [0.717, 1.165) is 35.4 Å². The first-order valence-electron chi connectivity index (χ1n) is 5.42. The number of aliphatic hydroxyl groups is 1. The van der Waals surface area contributed by atoms with Crippen molar-refractivity contribution in [3.8, 4) is 0 Å². The fourth-order valence-electron chi connectivity index (χ4n) is 1.40. The van der Waals surface area contributed by atoms with E-state index < -0.39 is 0 Å². The first-order chi connectivity index (χ1) is 7.59. The molecule has 90 valence electrons. The van der Waals surface area contributed by atoms with Crippen LogP contribution in [0.3, 0.4) is 0 Å². The summed E-state index contributed by atoms with van der Waals surface area (Å²) in [5, 5.41) is 13.1. The Morgan fingerprint density at radius 3 is 2.88 bits per heavy atom. The van der Waals surface area contributed by atoms with E-state index in [1.54, 1.807) is 0 Å². The molecule has 0 radical (unpaired) electrons. The second-order valence-corrected chi connectivity index (χ2v) is 5.18. The fourth-order valence-corrected chi connectivity index (χ4v) is 1.95. The Kier molecular flexibility index (Phi) is 6.36. The lowest BCUT2D eigenvalue weighted by Crippen LogP contribution is -2.16. The molecule has 0 saturated carbocycles. The molecule has 1 aromatic rings. The summed E-state index contributed by atoms with van der Waals surface area (Å²) in [7, 11) is 0. The topological polar surface area (TPSA) is 32.3 Å². The zero-order chi connectivity index (χ0) is 12.0. The van der Waals surface area contributed by atoms with Gasteiger partial charge < -0.3 is 10.4 Å². The minimum absolute atomic E-state index is 0.202. The number of hydrogen-bond donors (Lipinski definition) is 2. The molecule has 1 aromatic carbocycles. The van der Waals surface area contributed by atoms with Crippen LogP contribution in [0.1, 0.15) is 25.3 Å². The van der Waals surface area contributed by atoms with Crippen molar-refractivity contribution in [3.05, 3.63) is 33.3 Å². The summed E-state index contributed by atoms with van der Waals surface area (Å²) in [5.74, 6) is 0. The van der Waals surface area contributed by atoms with Gasteiger partial charge in [-0.2, -0.15) is 0 Å². The average Bonchev–Trinajstić information content (AvgIpc) is 2.22. The summed E-state index contributed by atoms with van der Waals surface area (Å²) in [6, 6.07) is 5.91. The number of nitrogens with one attached hydrogen (secondary N) is 1. The maximum Gasteiger partial charge on any atom is 0.0548 e. The van der Waals surface area contributed by atoms with Crippen molar-refractivity contribution < 1.29 is 5.11 Å². The van der Waals surface area contributed by atoms with Gasteiger partial charge in [0.2, 0.25) is 0 Å². The number of rotatable bonds is 6. The Morgan fingerprint density at radius 1 is 1.50 bits per heavy atom. The molecule has 0 aliphatic carbocycles. The highest BCUT2D eigenvalue weighted by Crippen LogP contribution is 2.23. The van der Waals surface area contributed by atoms with Gasteiger partial charge in [-0.1, -0.05) is 17.7 Å². The van der Waals surface area contributed by atoms with Crippen LogP contribution in [0.5, 0.6) is 0 Å². The van der Waals surface area contributed by atoms with Crippen LogP contribution in [0.15, 0.2) is 22.7 Å². The summed E-state index contributed by atoms with van der Waals surface area (Å²) >= 11 is 9.30. The minimum atomic E-state index is -0.202. The molecule has 0 saturated heterocycles. The van der Waals surface area contributed by atoms with Gasteiger partial charge in [0.15, 0.2) is 0 Å². The number of hydrogen-bond acceptors (Lipinski definition) is 2. The lowest BCUT2D eigenvalue weighted by molar-refractivity contribution is 0.181. The van der Waals surface area contributed by atoms with Crippen molar-refractivity contribution in [1.29, 1.82) is 0 Å². The van der Waals surface area contributed by atoms with Gasteiger partial charge in [0, 0.05) is 11.0 Å². The molecular weight excluding hydrogens is 289 g/mol. The molecular formula is C12H17BrClNO. The van der Waals surface area contributed by atoms with E-state index in [2.05, 4.69) is 21.2 Å². The first kappa shape index (κ1) is 14.0. The average molecular weight is 307 g/mol. The highest BCUT2D eigenvalue weighted by molar-refractivity contribution is 9.10. The molecule has 0 aromatic heterocycles. The molecule has 0 aliphatic rings. The Balaban J connectivity index is 2.24. The smallest absolute Gasteiger partial charge is 0.0548 e. The molecule has 1 rings (SSSR count). The standard InChI is InChI=1S/C12H17BrClNO/c1-9(16)3-2-6-15-8-10-4-5-12(14)11(13)7-10/h4-5,7,9,15-16H,2-3,6,8H2,1H3. The van der Waals surface area contributed by atoms with Crippen LogP contribution in [-0.4, -0.2) is 17.8 Å². The molecule has 16 heavy (non-hydrogen) atoms. The molecule has 1 atom stereocenters. The van der Waals surface area contributed by atoms with Gasteiger partial charge >= 0.3 is 0 Å². The third-order valence-electron chi connectivity index (χ3n) is 2.29. The van der Waals surface area contributed by atoms with Crippen molar-refractivity contribution in [3.63, 3.8) is 0 Å². The highest BCUT2D eigenvalue weighted by Gasteiger charge is 1.99. The molecule has 1 unspecified atom stereocenters. The minimum Gasteiger partial charge on any atom is -0.393 e. The molecule has 0 amide bonds. The van der Waals surface area contributed by atoms with Crippen molar-refractivity contribution in [2.45, 2.75) is 32.4 Å². The maximum absolute atomic E-state index is 9.09. The largest absolute Gasteiger partial charge is 0.393 e. The predicted octanol–water partition coefficient (Wildman–Crippen LogP) is 3.35. The molecule has 0 fully saturated rings. The normalized spacial score (nSPS) is 12.8. The highest BCUT2D eigenvalue weighted by atomic mass is 79.9. The molecule has 0 heterocycles. The quantitative estimate of drug-likeness (QED) is 0.790. The van der Waals surface area contributed by atoms with Crippen molar-refractivity contribution in [2.75, 3.05) is 6.54 Å². The Hall–Kier alpha value is -0.0900. The van der Waals surface area contributed by atoms with E-state index in [4.69, 9.17) is 16.7 Å². The van der Waals surface area contributed by atoms with Gasteiger partial charge in [-0.05, 0) is 59.9 Å². The molecule has 4 heteroatoms. The zero-order valence-electron chi connectivity index (χ0n) is 9.34. The van der Waals surface area contributed by atoms with Gasteiger partial charge in [0.05, 0.1) is 11.1 Å². The zero-order valence-corrected chi connectivity index (χ0v) is 11.7. The van der Waals surface area contributed by atoms with Gasteiger partial charge in [0.25, 0.3) is 0 Å². The summed E-state index contributed by atoms with van der Waals surface area (Å²) in [6.07, 6.45) is 1.63. The van der Waals surface area contributed by atoms with Crippen LogP contribution in [-0.2, 0) is 6.54 Å². The molecule has 2 nitrogen and oxygen atoms in total. The lowest BCUT2D eigenvalue weighted by Gasteiger charge is -2.07. The summed E-state index contributed by atoms with van der Waals surface area (Å²) in [4.78, 5) is 0. The predicted molar refractivity (Wildman–Crippen MR) is 71.8 cm³/mol. The summed E-state index contributed by atoms with van der Waals surface area (Å²) in [5.41, 5.74) is 1.20. The third-order valence-corrected chi connectivity index (χ3v) is 3.50. The van der Waals surface area contributed by atoms with E-state index in [1.165, 1.54) is 5.56 Å². The van der Waals surface area contributed by atoms with Crippen molar-refractivity contribution in [2.24, 2.45) is 0 Å². The molecule has 0 aliphatic heterocycles. The monoisotopic (exact) mass is 305 g/mol. The Morgan fingerprint density at radius 2 is 2.25 bits per heavy atom. The second-order valence-electron chi connectivity index (χ2n) is 3.92. The number of benzene rings is 1.